The van der Waals surface area contributed by atoms with Crippen LogP contribution >= 0.6 is 31.3 Å². The van der Waals surface area contributed by atoms with Crippen molar-refractivity contribution < 1.29 is 131 Å². The smallest absolute Gasteiger partial charge is 0.822 e. The van der Waals surface area contributed by atoms with Crippen LogP contribution in [0.1, 0.15) is 0 Å². The molecule has 0 bridgehead atoms. The van der Waals surface area contributed by atoms with Gasteiger partial charge in [-0.15, -0.1) is 0 Å². The summed E-state index contributed by atoms with van der Waals surface area (Å²) in [7, 11) is -21.6. The molecule has 0 radical (unpaired) electrons. The molecule has 0 amide bonds. The van der Waals surface area contributed by atoms with Gasteiger partial charge in [-0.2, -0.15) is 31.3 Å². The molecule has 0 aromatic rings. The van der Waals surface area contributed by atoms with Gasteiger partial charge in [-0.1, -0.05) is 0 Å². The van der Waals surface area contributed by atoms with Crippen LogP contribution in [0.5, 0.6) is 0 Å². The van der Waals surface area contributed by atoms with E-state index in [4.69, 9.17) is 77.0 Å². The minimum Gasteiger partial charge on any atom is -0.822 e. The molecule has 0 aliphatic heterocycles. The van der Waals surface area contributed by atoms with Crippen LogP contribution in [-0.4, -0.2) is 0 Å². The SMILES string of the molecule is O=P([O-])([O-])[O-].O=P([O-])([O-])[O-].O=P([O-])([O-])[O-].O=P([O-])([O-])[O-].[C+4].[Fe+2].[Li+].[V+5]. The van der Waals surface area contributed by atoms with Crippen molar-refractivity contribution in [3.63, 3.8) is 0 Å². The van der Waals surface area contributed by atoms with Gasteiger partial charge in [0.1, 0.15) is 0 Å². The molecular formula is CFeLiO16P4V. The van der Waals surface area contributed by atoms with Gasteiger partial charge in [-0.05, 0) is 0 Å². The molecule has 0 aliphatic rings. The van der Waals surface area contributed by atoms with Crippen LogP contribution in [0.25, 0.3) is 0 Å². The van der Waals surface area contributed by atoms with Crippen molar-refractivity contribution in [3.05, 3.63) is 7.43 Å². The van der Waals surface area contributed by atoms with Crippen molar-refractivity contribution in [3.8, 4) is 0 Å². The quantitative estimate of drug-likeness (QED) is 0.217. The standard InChI is InChI=1S/C.Fe.Li.4H3O4P.V/c;;;4*1-5(2,3)4;/h;;;4*(H3,1,2,3,4);/q+4;+2;+1;;;;;+5/p-12. The van der Waals surface area contributed by atoms with Crippen LogP contribution in [0.15, 0.2) is 0 Å². The molecule has 0 saturated carbocycles. The summed E-state index contributed by atoms with van der Waals surface area (Å²) < 4.78 is 34.2. The first-order valence-corrected chi connectivity index (χ1v) is 8.76. The van der Waals surface area contributed by atoms with E-state index >= 15 is 0 Å². The van der Waals surface area contributed by atoms with Gasteiger partial charge in [0.15, 0.2) is 0 Å². The van der Waals surface area contributed by atoms with Crippen molar-refractivity contribution in [2.45, 2.75) is 0 Å². The third-order valence-corrected chi connectivity index (χ3v) is 0. The maximum atomic E-state index is 8.55. The molecule has 0 atom stereocenters. The Labute approximate surface area is 169 Å². The topological polar surface area (TPSA) is 345 Å². The molecule has 24 heavy (non-hydrogen) atoms. The Kier molecular flexibility index (Phi) is 44.9. The summed E-state index contributed by atoms with van der Waals surface area (Å²) in [6.07, 6.45) is 0. The van der Waals surface area contributed by atoms with Gasteiger partial charge in [0.05, 0.1) is 0 Å². The second-order valence-electron chi connectivity index (χ2n) is 1.79. The molecule has 0 aromatic heterocycles. The van der Waals surface area contributed by atoms with E-state index in [0.717, 1.165) is 0 Å². The molecule has 0 aliphatic carbocycles. The van der Waals surface area contributed by atoms with Crippen molar-refractivity contribution in [1.29, 1.82) is 0 Å². The normalized spacial score (nSPS) is 9.83. The zero-order valence-electron chi connectivity index (χ0n) is 10.6. The van der Waals surface area contributed by atoms with Crippen LogP contribution in [0.4, 0.5) is 0 Å². The molecule has 0 spiro atoms. The summed E-state index contributed by atoms with van der Waals surface area (Å²) in [5, 5.41) is 0. The third kappa shape index (κ3) is 2820. The summed E-state index contributed by atoms with van der Waals surface area (Å²) in [6.45, 7) is 0. The molecule has 16 nitrogen and oxygen atoms in total. The summed E-state index contributed by atoms with van der Waals surface area (Å²) in [4.78, 5) is 103. The second kappa shape index (κ2) is 21.4. The van der Waals surface area contributed by atoms with Gasteiger partial charge in [0.2, 0.25) is 0 Å². The predicted molar refractivity (Wildman–Crippen MR) is 33.7 cm³/mol. The van der Waals surface area contributed by atoms with E-state index in [-0.39, 0.29) is 61.9 Å². The maximum absolute atomic E-state index is 8.55. The van der Waals surface area contributed by atoms with Crippen LogP contribution in [-0.2, 0) is 53.9 Å². The van der Waals surface area contributed by atoms with Gasteiger partial charge in [0.25, 0.3) is 0 Å². The fourth-order valence-electron chi connectivity index (χ4n) is 0. The zero-order valence-corrected chi connectivity index (χ0v) is 16.7. The van der Waals surface area contributed by atoms with E-state index in [9.17, 15) is 0 Å². The maximum Gasteiger partial charge on any atom is 5.00 e. The molecule has 0 rings (SSSR count). The third-order valence-electron chi connectivity index (χ3n) is 0. The van der Waals surface area contributed by atoms with Gasteiger partial charge in [0, 0.05) is 0 Å². The molecular weight excluding hydrogens is 506 g/mol. The minimum atomic E-state index is -5.39. The van der Waals surface area contributed by atoms with E-state index < -0.39 is 31.3 Å². The van der Waals surface area contributed by atoms with Crippen LogP contribution in [0, 0.1) is 7.43 Å². The predicted octanol–water partition coefficient (Wildman–Crippen LogP) is -14.2. The van der Waals surface area contributed by atoms with Crippen molar-refractivity contribution in [2.75, 3.05) is 0 Å². The van der Waals surface area contributed by atoms with Crippen LogP contribution < -0.4 is 77.6 Å². The minimum absolute atomic E-state index is 0. The Balaban J connectivity index is -0.0000000225. The number of phosphoric acid groups is 4. The Morgan fingerprint density at radius 1 is 0.417 bits per heavy atom. The molecule has 0 heterocycles. The summed E-state index contributed by atoms with van der Waals surface area (Å²) in [5.41, 5.74) is 0. The molecule has 134 valence electrons. The van der Waals surface area contributed by atoms with Crippen molar-refractivity contribution >= 4 is 31.3 Å². The molecule has 0 saturated heterocycles. The Morgan fingerprint density at radius 2 is 0.417 bits per heavy atom. The zero-order chi connectivity index (χ0) is 18.0. The van der Waals surface area contributed by atoms with E-state index in [1.165, 1.54) is 0 Å². The monoisotopic (exact) mass is 506 g/mol. The second-order valence-corrected chi connectivity index (χ2v) is 5.37. The number of hydrogen-bond donors (Lipinski definition) is 0. The number of rotatable bonds is 0. The van der Waals surface area contributed by atoms with E-state index in [1.807, 2.05) is 0 Å². The van der Waals surface area contributed by atoms with Crippen molar-refractivity contribution in [1.82, 2.24) is 0 Å². The number of hydrogen-bond acceptors (Lipinski definition) is 16. The molecule has 0 N–H and O–H groups in total. The van der Waals surface area contributed by atoms with Crippen molar-refractivity contribution in [2.24, 2.45) is 0 Å². The average Bonchev–Trinajstić information content (AvgIpc) is 1.62. The molecule has 0 unspecified atom stereocenters. The van der Waals surface area contributed by atoms with Gasteiger partial charge >= 0.3 is 61.9 Å². The first-order valence-electron chi connectivity index (χ1n) is 2.92. The molecule has 0 aromatic carbocycles. The Hall–Kier alpha value is 2.14. The van der Waals surface area contributed by atoms with Crippen LogP contribution in [0.3, 0.4) is 0 Å². The average molecular weight is 506 g/mol. The molecule has 0 fully saturated rings. The van der Waals surface area contributed by atoms with Gasteiger partial charge < -0.3 is 77.0 Å². The Morgan fingerprint density at radius 3 is 0.417 bits per heavy atom. The van der Waals surface area contributed by atoms with Gasteiger partial charge in [-0.25, -0.2) is 0 Å². The fourth-order valence-corrected chi connectivity index (χ4v) is 0. The summed E-state index contributed by atoms with van der Waals surface area (Å²) in [6, 6.07) is 0. The summed E-state index contributed by atoms with van der Waals surface area (Å²) >= 11 is 0. The largest absolute Gasteiger partial charge is 5.00 e. The van der Waals surface area contributed by atoms with E-state index in [2.05, 4.69) is 0 Å². The first kappa shape index (κ1) is 50.2. The van der Waals surface area contributed by atoms with E-state index in [1.54, 1.807) is 0 Å². The Bertz CT molecular complexity index is 303. The summed E-state index contributed by atoms with van der Waals surface area (Å²) in [5.74, 6) is 0. The first-order chi connectivity index (χ1) is 8.00. The van der Waals surface area contributed by atoms with E-state index in [0.29, 0.717) is 0 Å². The van der Waals surface area contributed by atoms with Crippen LogP contribution in [0.2, 0.25) is 0 Å². The molecule has 23 heteroatoms. The fraction of sp³-hybridized carbons (Fsp3) is 0. The van der Waals surface area contributed by atoms with Gasteiger partial charge in [-0.3, -0.25) is 0 Å².